The van der Waals surface area contributed by atoms with E-state index in [1.54, 1.807) is 5.38 Å². The minimum Gasteiger partial charge on any atom is -0.478 e. The number of aromatic carboxylic acids is 1. The minimum absolute atomic E-state index is 0.0521. The van der Waals surface area contributed by atoms with Gasteiger partial charge in [0.1, 0.15) is 5.82 Å². The molecule has 1 heterocycles. The van der Waals surface area contributed by atoms with Gasteiger partial charge in [0.05, 0.1) is 10.3 Å². The fourth-order valence-corrected chi connectivity index (χ4v) is 2.44. The van der Waals surface area contributed by atoms with Gasteiger partial charge in [0.2, 0.25) is 0 Å². The monoisotopic (exact) mass is 228 g/mol. The lowest BCUT2D eigenvalue weighted by atomic mass is 10.1. The van der Waals surface area contributed by atoms with Crippen molar-refractivity contribution in [3.05, 3.63) is 28.9 Å². The van der Waals surface area contributed by atoms with Crippen LogP contribution in [0.1, 0.15) is 10.4 Å². The first-order valence-corrected chi connectivity index (χ1v) is 5.05. The molecule has 0 radical (unpaired) electrons. The maximum absolute atomic E-state index is 13.3. The average molecular weight is 228 g/mol. The molecule has 2 rings (SSSR count). The molecule has 2 nitrogen and oxygen atoms in total. The average Bonchev–Trinajstić information content (AvgIpc) is 2.48. The van der Waals surface area contributed by atoms with E-state index in [4.69, 9.17) is 5.11 Å². The van der Waals surface area contributed by atoms with Crippen LogP contribution in [-0.2, 0) is 0 Å². The number of hydrogen-bond acceptors (Lipinski definition) is 3. The molecule has 72 valence electrons. The highest BCUT2D eigenvalue weighted by atomic mass is 32.1. The first-order valence-electron chi connectivity index (χ1n) is 3.72. The van der Waals surface area contributed by atoms with E-state index < -0.39 is 11.8 Å². The Morgan fingerprint density at radius 1 is 1.50 bits per heavy atom. The van der Waals surface area contributed by atoms with E-state index in [-0.39, 0.29) is 5.56 Å². The van der Waals surface area contributed by atoms with E-state index in [1.165, 1.54) is 17.4 Å². The zero-order valence-corrected chi connectivity index (χ0v) is 8.53. The van der Waals surface area contributed by atoms with Crippen molar-refractivity contribution in [3.8, 4) is 0 Å². The van der Waals surface area contributed by atoms with Gasteiger partial charge in [0.15, 0.2) is 0 Å². The predicted octanol–water partition coefficient (Wildman–Crippen LogP) is 3.03. The second-order valence-corrected chi connectivity index (χ2v) is 4.12. The van der Waals surface area contributed by atoms with E-state index >= 15 is 0 Å². The molecular formula is C9H5FO2S2. The second-order valence-electron chi connectivity index (χ2n) is 2.76. The highest BCUT2D eigenvalue weighted by molar-refractivity contribution is 7.80. The molecule has 0 fully saturated rings. The molecule has 0 spiro atoms. The van der Waals surface area contributed by atoms with Crippen LogP contribution < -0.4 is 0 Å². The van der Waals surface area contributed by atoms with Gasteiger partial charge < -0.3 is 5.11 Å². The Morgan fingerprint density at radius 3 is 2.86 bits per heavy atom. The Kier molecular flexibility index (Phi) is 2.20. The highest BCUT2D eigenvalue weighted by Crippen LogP contribution is 2.31. The Hall–Kier alpha value is -1.07. The van der Waals surface area contributed by atoms with E-state index in [2.05, 4.69) is 12.6 Å². The number of thiophene rings is 1. The van der Waals surface area contributed by atoms with E-state index in [0.29, 0.717) is 15.0 Å². The third kappa shape index (κ3) is 1.38. The molecule has 0 aliphatic rings. The quantitative estimate of drug-likeness (QED) is 0.736. The van der Waals surface area contributed by atoms with Gasteiger partial charge in [-0.1, -0.05) is 0 Å². The van der Waals surface area contributed by atoms with Crippen LogP contribution in [0.5, 0.6) is 0 Å². The summed E-state index contributed by atoms with van der Waals surface area (Å²) in [5.41, 5.74) is -0.0521. The lowest BCUT2D eigenvalue weighted by molar-refractivity contribution is 0.0696. The highest BCUT2D eigenvalue weighted by Gasteiger charge is 2.11. The topological polar surface area (TPSA) is 37.3 Å². The molecule has 0 saturated carbocycles. The first kappa shape index (κ1) is 9.48. The number of halogens is 1. The standard InChI is InChI=1S/C9H5FO2S2/c10-6-2-4(9(11)12)1-5-7(13)3-14-8(5)6/h1-3,13H,(H,11,12). The molecule has 0 atom stereocenters. The van der Waals surface area contributed by atoms with Crippen molar-refractivity contribution in [2.75, 3.05) is 0 Å². The molecule has 0 bridgehead atoms. The molecule has 5 heteroatoms. The van der Waals surface area contributed by atoms with Gasteiger partial charge in [-0.2, -0.15) is 0 Å². The molecule has 0 unspecified atom stereocenters. The fourth-order valence-electron chi connectivity index (χ4n) is 1.21. The zero-order valence-electron chi connectivity index (χ0n) is 6.82. The van der Waals surface area contributed by atoms with Crippen LogP contribution in [0.3, 0.4) is 0 Å². The van der Waals surface area contributed by atoms with Crippen LogP contribution in [0.15, 0.2) is 22.4 Å². The van der Waals surface area contributed by atoms with Crippen LogP contribution in [0.25, 0.3) is 10.1 Å². The molecule has 1 N–H and O–H groups in total. The van der Waals surface area contributed by atoms with E-state index in [0.717, 1.165) is 6.07 Å². The van der Waals surface area contributed by atoms with Crippen LogP contribution in [0, 0.1) is 5.82 Å². The van der Waals surface area contributed by atoms with E-state index in [1.807, 2.05) is 0 Å². The summed E-state index contributed by atoms with van der Waals surface area (Å²) < 4.78 is 13.8. The summed E-state index contributed by atoms with van der Waals surface area (Å²) in [7, 11) is 0. The van der Waals surface area contributed by atoms with Crippen molar-refractivity contribution < 1.29 is 14.3 Å². The third-order valence-corrected chi connectivity index (χ3v) is 3.40. The number of hydrogen-bond donors (Lipinski definition) is 2. The van der Waals surface area contributed by atoms with Crippen LogP contribution in [0.4, 0.5) is 4.39 Å². The van der Waals surface area contributed by atoms with Gasteiger partial charge in [0, 0.05) is 15.7 Å². The van der Waals surface area contributed by atoms with Crippen molar-refractivity contribution in [1.82, 2.24) is 0 Å². The Labute approximate surface area is 88.4 Å². The van der Waals surface area contributed by atoms with Gasteiger partial charge in [0.25, 0.3) is 0 Å². The summed E-state index contributed by atoms with van der Waals surface area (Å²) in [6.45, 7) is 0. The molecule has 1 aromatic carbocycles. The van der Waals surface area contributed by atoms with Crippen molar-refractivity contribution in [3.63, 3.8) is 0 Å². The lowest BCUT2D eigenvalue weighted by Crippen LogP contribution is -1.96. The number of rotatable bonds is 1. The number of carbonyl (C=O) groups is 1. The SMILES string of the molecule is O=C(O)c1cc(F)c2scc(S)c2c1. The van der Waals surface area contributed by atoms with Crippen molar-refractivity contribution in [2.24, 2.45) is 0 Å². The molecule has 0 saturated heterocycles. The van der Waals surface area contributed by atoms with Crippen LogP contribution in [0.2, 0.25) is 0 Å². The molecular weight excluding hydrogens is 223 g/mol. The first-order chi connectivity index (χ1) is 6.59. The maximum Gasteiger partial charge on any atom is 0.335 e. The Balaban J connectivity index is 2.82. The number of carboxylic acids is 1. The minimum atomic E-state index is -1.13. The largest absolute Gasteiger partial charge is 0.478 e. The summed E-state index contributed by atoms with van der Waals surface area (Å²) >= 11 is 5.33. The van der Waals surface area contributed by atoms with Gasteiger partial charge in [-0.15, -0.1) is 24.0 Å². The van der Waals surface area contributed by atoms with Crippen molar-refractivity contribution in [2.45, 2.75) is 4.90 Å². The summed E-state index contributed by atoms with van der Waals surface area (Å²) in [6.07, 6.45) is 0. The molecule has 0 amide bonds. The maximum atomic E-state index is 13.3. The Morgan fingerprint density at radius 2 is 2.21 bits per heavy atom. The summed E-state index contributed by atoms with van der Waals surface area (Å²) in [5.74, 6) is -1.64. The summed E-state index contributed by atoms with van der Waals surface area (Å²) in [4.78, 5) is 11.2. The number of benzene rings is 1. The summed E-state index contributed by atoms with van der Waals surface area (Å²) in [5, 5.41) is 10.9. The molecule has 2 aromatic rings. The zero-order chi connectivity index (χ0) is 10.3. The van der Waals surface area contributed by atoms with Gasteiger partial charge >= 0.3 is 5.97 Å². The Bertz CT molecular complexity index is 519. The van der Waals surface area contributed by atoms with Gasteiger partial charge in [-0.25, -0.2) is 9.18 Å². The van der Waals surface area contributed by atoms with Crippen molar-refractivity contribution >= 4 is 40.0 Å². The fraction of sp³-hybridized carbons (Fsp3) is 0. The van der Waals surface area contributed by atoms with Crippen molar-refractivity contribution in [1.29, 1.82) is 0 Å². The number of thiol groups is 1. The third-order valence-electron chi connectivity index (χ3n) is 1.85. The smallest absolute Gasteiger partial charge is 0.335 e. The number of fused-ring (bicyclic) bond motifs is 1. The molecule has 1 aromatic heterocycles. The van der Waals surface area contributed by atoms with Gasteiger partial charge in [-0.05, 0) is 12.1 Å². The molecule has 0 aliphatic carbocycles. The molecule has 14 heavy (non-hydrogen) atoms. The van der Waals surface area contributed by atoms with Crippen LogP contribution >= 0.6 is 24.0 Å². The predicted molar refractivity (Wildman–Crippen MR) is 56.0 cm³/mol. The normalized spacial score (nSPS) is 10.7. The lowest BCUT2D eigenvalue weighted by Gasteiger charge is -1.97. The van der Waals surface area contributed by atoms with Crippen LogP contribution in [-0.4, -0.2) is 11.1 Å². The second kappa shape index (κ2) is 3.25. The molecule has 0 aliphatic heterocycles. The van der Waals surface area contributed by atoms with E-state index in [9.17, 15) is 9.18 Å². The summed E-state index contributed by atoms with van der Waals surface area (Å²) in [6, 6.07) is 2.45. The van der Waals surface area contributed by atoms with Gasteiger partial charge in [-0.3, -0.25) is 0 Å². The number of carboxylic acid groups (broad SMARTS) is 1.